The number of oxazole rings is 1. The van der Waals surface area contributed by atoms with Gasteiger partial charge in [0.1, 0.15) is 12.1 Å². The lowest BCUT2D eigenvalue weighted by Gasteiger charge is -2.20. The van der Waals surface area contributed by atoms with E-state index in [1.807, 2.05) is 36.4 Å². The highest BCUT2D eigenvalue weighted by Crippen LogP contribution is 2.31. The van der Waals surface area contributed by atoms with Crippen molar-refractivity contribution >= 4 is 27.3 Å². The van der Waals surface area contributed by atoms with Gasteiger partial charge < -0.3 is 20.2 Å². The van der Waals surface area contributed by atoms with E-state index in [9.17, 15) is 13.5 Å². The number of anilines is 3. The highest BCUT2D eigenvalue weighted by atomic mass is 32.2. The van der Waals surface area contributed by atoms with E-state index in [2.05, 4.69) is 25.6 Å². The zero-order valence-electron chi connectivity index (χ0n) is 18.2. The first-order chi connectivity index (χ1) is 16.5. The molecule has 1 aliphatic heterocycles. The quantitative estimate of drug-likeness (QED) is 0.364. The van der Waals surface area contributed by atoms with Crippen LogP contribution in [0.5, 0.6) is 0 Å². The van der Waals surface area contributed by atoms with E-state index in [0.29, 0.717) is 46.6 Å². The van der Waals surface area contributed by atoms with Gasteiger partial charge in [0.15, 0.2) is 9.84 Å². The van der Waals surface area contributed by atoms with E-state index in [4.69, 9.17) is 4.42 Å². The van der Waals surface area contributed by atoms with Gasteiger partial charge in [-0.3, -0.25) is 0 Å². The molecule has 0 fully saturated rings. The number of aryl methyl sites for hydroxylation is 1. The van der Waals surface area contributed by atoms with E-state index >= 15 is 0 Å². The predicted octanol–water partition coefficient (Wildman–Crippen LogP) is 3.74. The molecule has 34 heavy (non-hydrogen) atoms. The average Bonchev–Trinajstić information content (AvgIpc) is 3.38. The number of sulfone groups is 1. The SMILES string of the molecule is O=S1(=O)CCCc2cc(Nc3ncc(-c4ncco4)c(N[C@H](CO)c4ccccc4)n3)ccc21. The fourth-order valence-corrected chi connectivity index (χ4v) is 5.58. The highest BCUT2D eigenvalue weighted by Gasteiger charge is 2.24. The number of aliphatic hydroxyl groups is 1. The molecule has 5 rings (SSSR count). The molecule has 10 heteroatoms. The topological polar surface area (TPSA) is 130 Å². The fourth-order valence-electron chi connectivity index (χ4n) is 4.00. The second kappa shape index (κ2) is 9.24. The van der Waals surface area contributed by atoms with Gasteiger partial charge in [-0.1, -0.05) is 30.3 Å². The third-order valence-corrected chi connectivity index (χ3v) is 7.55. The van der Waals surface area contributed by atoms with Crippen molar-refractivity contribution in [1.82, 2.24) is 15.0 Å². The first-order valence-corrected chi connectivity index (χ1v) is 12.5. The molecule has 3 heterocycles. The van der Waals surface area contributed by atoms with Crippen LogP contribution in [0.4, 0.5) is 17.5 Å². The number of aromatic nitrogens is 3. The van der Waals surface area contributed by atoms with Crippen molar-refractivity contribution in [2.75, 3.05) is 23.0 Å². The van der Waals surface area contributed by atoms with Crippen LogP contribution in [-0.4, -0.2) is 40.8 Å². The maximum Gasteiger partial charge on any atom is 0.231 e. The zero-order chi connectivity index (χ0) is 23.5. The molecule has 0 spiro atoms. The number of aliphatic hydroxyl groups excluding tert-OH is 1. The summed E-state index contributed by atoms with van der Waals surface area (Å²) in [4.78, 5) is 13.6. The molecule has 9 nitrogen and oxygen atoms in total. The third kappa shape index (κ3) is 4.50. The van der Waals surface area contributed by atoms with Crippen LogP contribution in [-0.2, 0) is 16.3 Å². The van der Waals surface area contributed by atoms with Crippen LogP contribution in [0.15, 0.2) is 76.5 Å². The molecule has 0 saturated carbocycles. The van der Waals surface area contributed by atoms with Crippen molar-refractivity contribution in [3.63, 3.8) is 0 Å². The number of fused-ring (bicyclic) bond motifs is 1. The number of nitrogens with one attached hydrogen (secondary N) is 2. The molecule has 0 bridgehead atoms. The number of hydrogen-bond donors (Lipinski definition) is 3. The van der Waals surface area contributed by atoms with Crippen molar-refractivity contribution in [2.45, 2.75) is 23.8 Å². The molecule has 0 unspecified atom stereocenters. The molecular formula is C24H23N5O4S. The molecular weight excluding hydrogens is 454 g/mol. The summed E-state index contributed by atoms with van der Waals surface area (Å²) < 4.78 is 30.0. The summed E-state index contributed by atoms with van der Waals surface area (Å²) in [6.07, 6.45) is 5.90. The second-order valence-corrected chi connectivity index (χ2v) is 10.0. The lowest BCUT2D eigenvalue weighted by atomic mass is 10.1. The van der Waals surface area contributed by atoms with Gasteiger partial charge in [-0.2, -0.15) is 4.98 Å². The number of nitrogens with zero attached hydrogens (tertiary/aromatic N) is 3. The Kier molecular flexibility index (Phi) is 5.99. The summed E-state index contributed by atoms with van der Waals surface area (Å²) in [5.41, 5.74) is 2.91. The molecule has 0 aliphatic carbocycles. The minimum atomic E-state index is -3.22. The Balaban J connectivity index is 1.47. The van der Waals surface area contributed by atoms with Gasteiger partial charge in [0.2, 0.25) is 11.8 Å². The molecule has 174 valence electrons. The third-order valence-electron chi connectivity index (χ3n) is 5.66. The number of hydrogen-bond acceptors (Lipinski definition) is 9. The molecule has 4 aromatic rings. The smallest absolute Gasteiger partial charge is 0.231 e. The van der Waals surface area contributed by atoms with Gasteiger partial charge in [0.25, 0.3) is 0 Å². The Morgan fingerprint density at radius 2 is 1.97 bits per heavy atom. The lowest BCUT2D eigenvalue weighted by Crippen LogP contribution is -2.17. The van der Waals surface area contributed by atoms with E-state index in [1.54, 1.807) is 18.3 Å². The Hall–Kier alpha value is -3.76. The van der Waals surface area contributed by atoms with Crippen LogP contribution < -0.4 is 10.6 Å². The van der Waals surface area contributed by atoms with Crippen LogP contribution in [0, 0.1) is 0 Å². The van der Waals surface area contributed by atoms with Crippen LogP contribution >= 0.6 is 0 Å². The van der Waals surface area contributed by atoms with Crippen LogP contribution in [0.2, 0.25) is 0 Å². The summed E-state index contributed by atoms with van der Waals surface area (Å²) in [5.74, 6) is 1.27. The van der Waals surface area contributed by atoms with E-state index in [1.165, 1.54) is 12.5 Å². The maximum atomic E-state index is 12.3. The van der Waals surface area contributed by atoms with Gasteiger partial charge in [0, 0.05) is 11.9 Å². The van der Waals surface area contributed by atoms with Gasteiger partial charge in [-0.05, 0) is 42.2 Å². The minimum absolute atomic E-state index is 0.152. The Morgan fingerprint density at radius 1 is 1.12 bits per heavy atom. The minimum Gasteiger partial charge on any atom is -0.444 e. The number of rotatable bonds is 7. The normalized spacial score (nSPS) is 15.3. The van der Waals surface area contributed by atoms with E-state index in [-0.39, 0.29) is 12.4 Å². The van der Waals surface area contributed by atoms with Gasteiger partial charge >= 0.3 is 0 Å². The summed E-state index contributed by atoms with van der Waals surface area (Å²) in [6, 6.07) is 14.3. The predicted molar refractivity (Wildman–Crippen MR) is 128 cm³/mol. The largest absolute Gasteiger partial charge is 0.444 e. The van der Waals surface area contributed by atoms with Crippen molar-refractivity contribution in [3.8, 4) is 11.5 Å². The Bertz CT molecular complexity index is 1390. The van der Waals surface area contributed by atoms with Crippen molar-refractivity contribution in [3.05, 3.63) is 78.3 Å². The summed E-state index contributed by atoms with van der Waals surface area (Å²) in [5, 5.41) is 16.4. The zero-order valence-corrected chi connectivity index (χ0v) is 19.0. The van der Waals surface area contributed by atoms with Gasteiger partial charge in [-0.15, -0.1) is 0 Å². The van der Waals surface area contributed by atoms with Gasteiger partial charge in [-0.25, -0.2) is 18.4 Å². The molecule has 0 amide bonds. The Morgan fingerprint density at radius 3 is 2.74 bits per heavy atom. The van der Waals surface area contributed by atoms with Crippen molar-refractivity contribution < 1.29 is 17.9 Å². The molecule has 0 radical (unpaired) electrons. The average molecular weight is 478 g/mol. The van der Waals surface area contributed by atoms with E-state index < -0.39 is 15.9 Å². The highest BCUT2D eigenvalue weighted by molar-refractivity contribution is 7.91. The fraction of sp³-hybridized carbons (Fsp3) is 0.208. The molecule has 1 atom stereocenters. The monoisotopic (exact) mass is 477 g/mol. The second-order valence-electron chi connectivity index (χ2n) is 7.95. The summed E-state index contributed by atoms with van der Waals surface area (Å²) in [7, 11) is -3.22. The standard InChI is InChI=1S/C24H23N5O4S/c30-15-20(16-5-2-1-3-6-16)28-22-19(23-25-10-11-33-23)14-26-24(29-22)27-18-8-9-21-17(13-18)7-4-12-34(21,31)32/h1-3,5-6,8-11,13-14,20,30H,4,7,12,15H2,(H2,26,27,28,29)/t20-/m1/s1. The van der Waals surface area contributed by atoms with Crippen molar-refractivity contribution in [2.24, 2.45) is 0 Å². The van der Waals surface area contributed by atoms with Gasteiger partial charge in [0.05, 0.1) is 35.1 Å². The first kappa shape index (κ1) is 22.1. The van der Waals surface area contributed by atoms with Crippen LogP contribution in [0.25, 0.3) is 11.5 Å². The molecule has 2 aromatic carbocycles. The van der Waals surface area contributed by atoms with E-state index in [0.717, 1.165) is 11.1 Å². The van der Waals surface area contributed by atoms with Crippen LogP contribution in [0.1, 0.15) is 23.6 Å². The molecule has 3 N–H and O–H groups in total. The van der Waals surface area contributed by atoms with Crippen LogP contribution in [0.3, 0.4) is 0 Å². The molecule has 0 saturated heterocycles. The van der Waals surface area contributed by atoms with Crippen molar-refractivity contribution in [1.29, 1.82) is 0 Å². The molecule has 2 aromatic heterocycles. The number of benzene rings is 2. The molecule has 1 aliphatic rings. The first-order valence-electron chi connectivity index (χ1n) is 10.9. The Labute approximate surface area is 196 Å². The lowest BCUT2D eigenvalue weighted by molar-refractivity contribution is 0.276. The summed E-state index contributed by atoms with van der Waals surface area (Å²) in [6.45, 7) is -0.152. The summed E-state index contributed by atoms with van der Waals surface area (Å²) >= 11 is 0. The maximum absolute atomic E-state index is 12.3.